The van der Waals surface area contributed by atoms with Crippen molar-refractivity contribution in [2.45, 2.75) is 6.54 Å². The molecule has 0 amide bonds. The lowest BCUT2D eigenvalue weighted by Gasteiger charge is -2.02. The van der Waals surface area contributed by atoms with Gasteiger partial charge in [0.15, 0.2) is 0 Å². The molecule has 0 aliphatic carbocycles. The summed E-state index contributed by atoms with van der Waals surface area (Å²) in [4.78, 5) is 7.61. The van der Waals surface area contributed by atoms with Gasteiger partial charge in [-0.05, 0) is 24.3 Å². The van der Waals surface area contributed by atoms with Gasteiger partial charge in [-0.15, -0.1) is 0 Å². The van der Waals surface area contributed by atoms with Crippen LogP contribution in [0.4, 0.5) is 11.6 Å². The monoisotopic (exact) mass is 242 g/mol. The van der Waals surface area contributed by atoms with Crippen molar-refractivity contribution in [2.75, 3.05) is 17.6 Å². The molecule has 92 valence electrons. The molecule has 3 aromatic rings. The van der Waals surface area contributed by atoms with Crippen molar-refractivity contribution in [1.29, 1.82) is 0 Å². The molecule has 0 aliphatic rings. The molecule has 2 heterocycles. The number of fused-ring (bicyclic) bond motifs is 1. The van der Waals surface area contributed by atoms with Gasteiger partial charge in [-0.1, -0.05) is 0 Å². The summed E-state index contributed by atoms with van der Waals surface area (Å²) in [5, 5.41) is 7.35. The zero-order chi connectivity index (χ0) is 12.4. The lowest BCUT2D eigenvalue weighted by atomic mass is 10.3. The van der Waals surface area contributed by atoms with Crippen LogP contribution in [0.25, 0.3) is 11.0 Å². The van der Waals surface area contributed by atoms with E-state index in [1.165, 1.54) is 0 Å². The molecule has 4 N–H and O–H groups in total. The lowest BCUT2D eigenvalue weighted by molar-refractivity contribution is 0.636. The number of aromatic amines is 1. The van der Waals surface area contributed by atoms with Crippen LogP contribution in [-0.2, 0) is 6.54 Å². The van der Waals surface area contributed by atoms with Crippen LogP contribution in [0.3, 0.4) is 0 Å². The Kier molecular flexibility index (Phi) is 2.60. The quantitative estimate of drug-likeness (QED) is 0.605. The smallest absolute Gasteiger partial charge is 0.201 e. The number of nitrogen functional groups attached to an aromatic ring is 1. The number of imidazole rings is 1. The van der Waals surface area contributed by atoms with Crippen LogP contribution < -0.4 is 11.1 Å². The van der Waals surface area contributed by atoms with E-state index in [1.807, 2.05) is 35.1 Å². The number of nitrogens with two attached hydrogens (primary N) is 1. The Morgan fingerprint density at radius 1 is 1.39 bits per heavy atom. The van der Waals surface area contributed by atoms with Gasteiger partial charge in [0.25, 0.3) is 0 Å². The number of hydrogen-bond donors (Lipinski definition) is 3. The topological polar surface area (TPSA) is 84.5 Å². The third-order valence-electron chi connectivity index (χ3n) is 2.70. The van der Waals surface area contributed by atoms with Gasteiger partial charge in [-0.3, -0.25) is 4.68 Å². The SMILES string of the molecule is Nc1ccc2nc(NCCn3cccn3)[nH]c2c1. The second-order valence-electron chi connectivity index (χ2n) is 4.06. The van der Waals surface area contributed by atoms with Gasteiger partial charge < -0.3 is 16.0 Å². The molecule has 2 aromatic heterocycles. The standard InChI is InChI=1S/C12H14N6/c13-9-2-3-10-11(8-9)17-12(16-10)14-5-7-18-6-1-4-15-18/h1-4,6,8H,5,7,13H2,(H2,14,16,17). The van der Waals surface area contributed by atoms with Crippen molar-refractivity contribution in [3.63, 3.8) is 0 Å². The van der Waals surface area contributed by atoms with E-state index in [-0.39, 0.29) is 0 Å². The first-order chi connectivity index (χ1) is 8.81. The molecule has 0 atom stereocenters. The van der Waals surface area contributed by atoms with E-state index in [9.17, 15) is 0 Å². The molecule has 0 radical (unpaired) electrons. The Balaban J connectivity index is 1.67. The van der Waals surface area contributed by atoms with Gasteiger partial charge in [0, 0.05) is 24.6 Å². The number of benzene rings is 1. The highest BCUT2D eigenvalue weighted by molar-refractivity contribution is 5.80. The molecule has 3 rings (SSSR count). The summed E-state index contributed by atoms with van der Waals surface area (Å²) >= 11 is 0. The Bertz CT molecular complexity index is 640. The predicted octanol–water partition coefficient (Wildman–Crippen LogP) is 1.45. The zero-order valence-electron chi connectivity index (χ0n) is 9.80. The maximum absolute atomic E-state index is 5.72. The molecule has 0 unspecified atom stereocenters. The Morgan fingerprint density at radius 2 is 2.33 bits per heavy atom. The van der Waals surface area contributed by atoms with Gasteiger partial charge in [0.1, 0.15) is 0 Å². The van der Waals surface area contributed by atoms with Crippen molar-refractivity contribution in [1.82, 2.24) is 19.7 Å². The summed E-state index contributed by atoms with van der Waals surface area (Å²) in [6.07, 6.45) is 3.70. The summed E-state index contributed by atoms with van der Waals surface area (Å²) < 4.78 is 1.87. The number of H-pyrrole nitrogens is 1. The van der Waals surface area contributed by atoms with Crippen LogP contribution >= 0.6 is 0 Å². The minimum Gasteiger partial charge on any atom is -0.399 e. The van der Waals surface area contributed by atoms with Crippen molar-refractivity contribution in [3.05, 3.63) is 36.7 Å². The predicted molar refractivity (Wildman–Crippen MR) is 71.2 cm³/mol. The molecule has 0 bridgehead atoms. The van der Waals surface area contributed by atoms with E-state index >= 15 is 0 Å². The molecule has 0 saturated carbocycles. The zero-order valence-corrected chi connectivity index (χ0v) is 9.80. The van der Waals surface area contributed by atoms with Gasteiger partial charge >= 0.3 is 0 Å². The molecule has 6 heteroatoms. The fourth-order valence-corrected chi connectivity index (χ4v) is 1.83. The number of anilines is 2. The van der Waals surface area contributed by atoms with Crippen molar-refractivity contribution < 1.29 is 0 Å². The van der Waals surface area contributed by atoms with E-state index < -0.39 is 0 Å². The largest absolute Gasteiger partial charge is 0.399 e. The van der Waals surface area contributed by atoms with Gasteiger partial charge in [-0.2, -0.15) is 5.10 Å². The van der Waals surface area contributed by atoms with Crippen LogP contribution in [-0.4, -0.2) is 26.3 Å². The minimum absolute atomic E-state index is 0.731. The number of nitrogens with one attached hydrogen (secondary N) is 2. The van der Waals surface area contributed by atoms with Gasteiger partial charge in [0.2, 0.25) is 5.95 Å². The summed E-state index contributed by atoms with van der Waals surface area (Å²) in [5.74, 6) is 0.753. The van der Waals surface area contributed by atoms with Crippen LogP contribution in [0.1, 0.15) is 0 Å². The molecule has 18 heavy (non-hydrogen) atoms. The normalized spacial score (nSPS) is 10.9. The number of rotatable bonds is 4. The molecule has 6 nitrogen and oxygen atoms in total. The van der Waals surface area contributed by atoms with E-state index in [0.717, 1.165) is 35.8 Å². The third-order valence-corrected chi connectivity index (χ3v) is 2.70. The fraction of sp³-hybridized carbons (Fsp3) is 0.167. The van der Waals surface area contributed by atoms with Crippen molar-refractivity contribution in [2.24, 2.45) is 0 Å². The van der Waals surface area contributed by atoms with E-state index in [0.29, 0.717) is 0 Å². The van der Waals surface area contributed by atoms with Crippen LogP contribution in [0.5, 0.6) is 0 Å². The number of hydrogen-bond acceptors (Lipinski definition) is 4. The number of nitrogens with zero attached hydrogens (tertiary/aromatic N) is 3. The first kappa shape index (κ1) is 10.6. The van der Waals surface area contributed by atoms with E-state index in [1.54, 1.807) is 6.20 Å². The first-order valence-electron chi connectivity index (χ1n) is 5.78. The third kappa shape index (κ3) is 2.13. The molecule has 0 aliphatic heterocycles. The second kappa shape index (κ2) is 4.40. The Morgan fingerprint density at radius 3 is 3.17 bits per heavy atom. The maximum Gasteiger partial charge on any atom is 0.201 e. The molecule has 1 aromatic carbocycles. The molecular weight excluding hydrogens is 228 g/mol. The van der Waals surface area contributed by atoms with Crippen LogP contribution in [0.15, 0.2) is 36.7 Å². The van der Waals surface area contributed by atoms with E-state index in [4.69, 9.17) is 5.73 Å². The maximum atomic E-state index is 5.72. The van der Waals surface area contributed by atoms with Crippen molar-refractivity contribution >= 4 is 22.7 Å². The summed E-state index contributed by atoms with van der Waals surface area (Å²) in [7, 11) is 0. The van der Waals surface area contributed by atoms with E-state index in [2.05, 4.69) is 20.4 Å². The van der Waals surface area contributed by atoms with Gasteiger partial charge in [-0.25, -0.2) is 4.98 Å². The first-order valence-corrected chi connectivity index (χ1v) is 5.78. The number of aromatic nitrogens is 4. The highest BCUT2D eigenvalue weighted by Gasteiger charge is 2.02. The van der Waals surface area contributed by atoms with Gasteiger partial charge in [0.05, 0.1) is 17.6 Å². The summed E-state index contributed by atoms with van der Waals surface area (Å²) in [6.45, 7) is 1.56. The summed E-state index contributed by atoms with van der Waals surface area (Å²) in [6, 6.07) is 7.53. The molecule has 0 spiro atoms. The van der Waals surface area contributed by atoms with Crippen LogP contribution in [0, 0.1) is 0 Å². The Labute approximate surface area is 104 Å². The van der Waals surface area contributed by atoms with Crippen LogP contribution in [0.2, 0.25) is 0 Å². The minimum atomic E-state index is 0.731. The van der Waals surface area contributed by atoms with Crippen molar-refractivity contribution in [3.8, 4) is 0 Å². The Hall–Kier alpha value is -2.50. The lowest BCUT2D eigenvalue weighted by Crippen LogP contribution is -2.11. The second-order valence-corrected chi connectivity index (χ2v) is 4.06. The highest BCUT2D eigenvalue weighted by atomic mass is 15.3. The fourth-order valence-electron chi connectivity index (χ4n) is 1.83. The molecule has 0 saturated heterocycles. The average molecular weight is 242 g/mol. The molecular formula is C12H14N6. The summed E-state index contributed by atoms with van der Waals surface area (Å²) in [5.41, 5.74) is 8.30. The highest BCUT2D eigenvalue weighted by Crippen LogP contribution is 2.16. The average Bonchev–Trinajstić information content (AvgIpc) is 2.97. The molecule has 0 fully saturated rings.